The number of allylic oxidation sites excluding steroid dienone is 5. The fourth-order valence-electron chi connectivity index (χ4n) is 7.22. The summed E-state index contributed by atoms with van der Waals surface area (Å²) in [6.07, 6.45) is 12.8. The van der Waals surface area contributed by atoms with Gasteiger partial charge >= 0.3 is 0 Å². The maximum absolute atomic E-state index is 12.7. The minimum absolute atomic E-state index is 0.0668. The van der Waals surface area contributed by atoms with Crippen LogP contribution in [0, 0.1) is 35.5 Å². The van der Waals surface area contributed by atoms with Crippen molar-refractivity contribution in [2.45, 2.75) is 70.6 Å². The molecule has 2 heterocycles. The smallest absolute Gasteiger partial charge is 0.259 e. The molecule has 2 bridgehead atoms. The molecule has 4 rings (SSSR count). The van der Waals surface area contributed by atoms with Gasteiger partial charge in [0.15, 0.2) is 5.78 Å². The number of hydrogen-bond donors (Lipinski definition) is 5. The van der Waals surface area contributed by atoms with E-state index in [2.05, 4.69) is 30.6 Å². The number of aliphatic hydroxyl groups excluding tert-OH is 3. The first-order valence-electron chi connectivity index (χ1n) is 13.7. The predicted octanol–water partition coefficient (Wildman–Crippen LogP) is 2.49. The standard InChI is InChI=1S/C29H40N2O6/c1-3-17-14-19-15-18-8-4-7-11-23(35)30-13-12-22(34)27-28(36)26(29(37)31-27)21(33)10-6-5-9-20(32)25(18)24(19)16(17)2/h4,6-8,10-11,16-20,22,24-25,27,32-34H,3,5,9,12-15H2,1-2H3,(H,30,35)(H,31,37)/t16-,17?,18+,19+,20-,22-,24+,25-,27-/m0/s1. The van der Waals surface area contributed by atoms with Crippen molar-refractivity contribution in [1.29, 1.82) is 0 Å². The van der Waals surface area contributed by atoms with Gasteiger partial charge in [-0.15, -0.1) is 0 Å². The number of rotatable bonds is 1. The minimum Gasteiger partial charge on any atom is -0.507 e. The van der Waals surface area contributed by atoms with Gasteiger partial charge in [0.05, 0.1) is 12.2 Å². The highest BCUT2D eigenvalue weighted by Crippen LogP contribution is 2.57. The summed E-state index contributed by atoms with van der Waals surface area (Å²) in [5.41, 5.74) is -0.378. The lowest BCUT2D eigenvalue weighted by atomic mass is 9.75. The Balaban J connectivity index is 1.57. The molecule has 0 spiro atoms. The van der Waals surface area contributed by atoms with Crippen LogP contribution in [0.1, 0.15) is 52.4 Å². The van der Waals surface area contributed by atoms with Crippen molar-refractivity contribution in [1.82, 2.24) is 10.6 Å². The van der Waals surface area contributed by atoms with Crippen LogP contribution in [0.5, 0.6) is 0 Å². The number of carbonyl (C=O) groups excluding carboxylic acids is 3. The minimum atomic E-state index is -1.20. The largest absolute Gasteiger partial charge is 0.507 e. The first kappa shape index (κ1) is 27.3. The van der Waals surface area contributed by atoms with Crippen LogP contribution in [0.2, 0.25) is 0 Å². The topological polar surface area (TPSA) is 136 Å². The molecule has 0 aromatic rings. The summed E-state index contributed by atoms with van der Waals surface area (Å²) in [4.78, 5) is 37.2. The Hall–Kier alpha value is -2.71. The third kappa shape index (κ3) is 5.75. The number of aliphatic hydroxyl groups is 3. The molecule has 8 heteroatoms. The molecule has 1 saturated heterocycles. The molecule has 202 valence electrons. The predicted molar refractivity (Wildman–Crippen MR) is 139 cm³/mol. The molecule has 37 heavy (non-hydrogen) atoms. The van der Waals surface area contributed by atoms with Gasteiger partial charge in [0.25, 0.3) is 5.91 Å². The lowest BCUT2D eigenvalue weighted by Crippen LogP contribution is -2.42. The van der Waals surface area contributed by atoms with E-state index in [-0.39, 0.29) is 36.3 Å². The van der Waals surface area contributed by atoms with Crippen LogP contribution in [0.3, 0.4) is 0 Å². The van der Waals surface area contributed by atoms with Crippen molar-refractivity contribution in [3.8, 4) is 0 Å². The van der Waals surface area contributed by atoms with Gasteiger partial charge in [-0.1, -0.05) is 44.6 Å². The van der Waals surface area contributed by atoms with Crippen LogP contribution in [0.15, 0.2) is 47.8 Å². The Bertz CT molecular complexity index is 1010. The molecule has 4 aliphatic rings. The van der Waals surface area contributed by atoms with Gasteiger partial charge < -0.3 is 26.0 Å². The van der Waals surface area contributed by atoms with E-state index >= 15 is 0 Å². The van der Waals surface area contributed by atoms with E-state index in [1.54, 1.807) is 12.2 Å². The van der Waals surface area contributed by atoms with Crippen LogP contribution in [-0.4, -0.2) is 57.7 Å². The van der Waals surface area contributed by atoms with Gasteiger partial charge in [0, 0.05) is 12.6 Å². The van der Waals surface area contributed by atoms with Gasteiger partial charge in [-0.25, -0.2) is 0 Å². The number of carbonyl (C=O) groups is 3. The second-order valence-corrected chi connectivity index (χ2v) is 11.1. The maximum Gasteiger partial charge on any atom is 0.259 e. The molecule has 2 saturated carbocycles. The lowest BCUT2D eigenvalue weighted by molar-refractivity contribution is -0.118. The monoisotopic (exact) mass is 512 g/mol. The van der Waals surface area contributed by atoms with E-state index in [4.69, 9.17) is 0 Å². The Morgan fingerprint density at radius 1 is 1.00 bits per heavy atom. The summed E-state index contributed by atoms with van der Waals surface area (Å²) in [7, 11) is 0. The molecule has 2 aliphatic carbocycles. The van der Waals surface area contributed by atoms with Crippen LogP contribution < -0.4 is 10.6 Å². The number of nitrogens with one attached hydrogen (secondary N) is 2. The van der Waals surface area contributed by atoms with E-state index in [0.29, 0.717) is 36.5 Å². The van der Waals surface area contributed by atoms with E-state index in [1.165, 1.54) is 18.6 Å². The van der Waals surface area contributed by atoms with Crippen molar-refractivity contribution < 1.29 is 29.7 Å². The highest BCUT2D eigenvalue weighted by Gasteiger charge is 2.52. The average Bonchev–Trinajstić information content (AvgIpc) is 3.48. The molecule has 0 aromatic heterocycles. The molecule has 8 nitrogen and oxygen atoms in total. The Morgan fingerprint density at radius 2 is 1.78 bits per heavy atom. The molecule has 3 fully saturated rings. The summed E-state index contributed by atoms with van der Waals surface area (Å²) in [6, 6.07) is -1.17. The fourth-order valence-corrected chi connectivity index (χ4v) is 7.22. The summed E-state index contributed by atoms with van der Waals surface area (Å²) in [5, 5.41) is 37.2. The second kappa shape index (κ2) is 11.8. The lowest BCUT2D eigenvalue weighted by Gasteiger charge is -2.32. The van der Waals surface area contributed by atoms with Gasteiger partial charge in [0.1, 0.15) is 17.4 Å². The van der Waals surface area contributed by atoms with Crippen LogP contribution >= 0.6 is 0 Å². The maximum atomic E-state index is 12.7. The van der Waals surface area contributed by atoms with Crippen molar-refractivity contribution in [2.75, 3.05) is 6.54 Å². The molecule has 5 N–H and O–H groups in total. The molecular formula is C29H40N2O6. The number of fused-ring (bicyclic) bond motifs is 5. The first-order valence-corrected chi connectivity index (χ1v) is 13.7. The highest BCUT2D eigenvalue weighted by atomic mass is 16.3. The Morgan fingerprint density at radius 3 is 2.54 bits per heavy atom. The molecule has 0 radical (unpaired) electrons. The summed E-state index contributed by atoms with van der Waals surface area (Å²) in [6.45, 7) is 4.68. The first-order chi connectivity index (χ1) is 17.7. The van der Waals surface area contributed by atoms with Crippen LogP contribution in [0.25, 0.3) is 0 Å². The number of hydrogen-bond acceptors (Lipinski definition) is 6. The average molecular weight is 513 g/mol. The summed E-state index contributed by atoms with van der Waals surface area (Å²) >= 11 is 0. The van der Waals surface area contributed by atoms with Gasteiger partial charge in [-0.3, -0.25) is 14.4 Å². The fraction of sp³-hybridized carbons (Fsp3) is 0.621. The van der Waals surface area contributed by atoms with Crippen molar-refractivity contribution in [3.63, 3.8) is 0 Å². The Labute approximate surface area is 218 Å². The van der Waals surface area contributed by atoms with Crippen molar-refractivity contribution in [2.24, 2.45) is 35.5 Å². The summed E-state index contributed by atoms with van der Waals surface area (Å²) < 4.78 is 0. The SMILES string of the molecule is CCC1C[C@@H]2C[C@H]3C=CC=CC(=O)NCC[C@H](O)[C@@H]4NC(=O)C(=C(O)C=CCC[C@H](O)[C@H]3[C@@H]2[C@H]1C)C4=O. The molecule has 1 unspecified atom stereocenters. The third-order valence-corrected chi connectivity index (χ3v) is 9.03. The summed E-state index contributed by atoms with van der Waals surface area (Å²) in [5.74, 6) is 0.400. The third-order valence-electron chi connectivity index (χ3n) is 9.03. The van der Waals surface area contributed by atoms with Gasteiger partial charge in [-0.05, 0) is 73.7 Å². The zero-order chi connectivity index (χ0) is 26.7. The van der Waals surface area contributed by atoms with Gasteiger partial charge in [-0.2, -0.15) is 0 Å². The molecular weight excluding hydrogens is 472 g/mol. The van der Waals surface area contributed by atoms with Crippen LogP contribution in [0.4, 0.5) is 0 Å². The number of amides is 2. The molecule has 9 atom stereocenters. The second-order valence-electron chi connectivity index (χ2n) is 11.1. The molecule has 2 amide bonds. The van der Waals surface area contributed by atoms with Crippen molar-refractivity contribution >= 4 is 17.6 Å². The Kier molecular flexibility index (Phi) is 8.70. The highest BCUT2D eigenvalue weighted by molar-refractivity contribution is 6.27. The van der Waals surface area contributed by atoms with E-state index in [9.17, 15) is 29.7 Å². The van der Waals surface area contributed by atoms with E-state index in [0.717, 1.165) is 12.8 Å². The molecule has 2 aliphatic heterocycles. The number of ketones is 1. The normalized spacial score (nSPS) is 39.4. The van der Waals surface area contributed by atoms with Gasteiger partial charge in [0.2, 0.25) is 5.91 Å². The quantitative estimate of drug-likeness (QED) is 0.343. The van der Waals surface area contributed by atoms with E-state index < -0.39 is 35.7 Å². The number of Topliss-reactive ketones (excluding diaryl/α,β-unsaturated/α-hetero) is 1. The molecule has 0 aromatic carbocycles. The zero-order valence-electron chi connectivity index (χ0n) is 21.7. The zero-order valence-corrected chi connectivity index (χ0v) is 21.7. The van der Waals surface area contributed by atoms with E-state index in [1.807, 2.05) is 6.08 Å². The van der Waals surface area contributed by atoms with Crippen LogP contribution in [-0.2, 0) is 14.4 Å². The van der Waals surface area contributed by atoms with Crippen molar-refractivity contribution in [3.05, 3.63) is 47.8 Å².